The summed E-state index contributed by atoms with van der Waals surface area (Å²) >= 11 is 0. The van der Waals surface area contributed by atoms with Crippen LogP contribution in [0.25, 0.3) is 6.08 Å². The van der Waals surface area contributed by atoms with Crippen LogP contribution in [0.1, 0.15) is 18.9 Å². The van der Waals surface area contributed by atoms with Gasteiger partial charge in [0.1, 0.15) is 0 Å². The molecule has 0 N–H and O–H groups in total. The number of Topliss-reactive ketones (excluding diaryl/α,β-unsaturated/α-hetero) is 1. The van der Waals surface area contributed by atoms with Gasteiger partial charge in [0.2, 0.25) is 0 Å². The van der Waals surface area contributed by atoms with Crippen LogP contribution in [-0.2, 0) is 4.79 Å². The Morgan fingerprint density at radius 2 is 2.00 bits per heavy atom. The van der Waals surface area contributed by atoms with Crippen molar-refractivity contribution in [2.45, 2.75) is 13.3 Å². The van der Waals surface area contributed by atoms with Gasteiger partial charge in [-0.05, 0) is 24.5 Å². The molecule has 0 bridgehead atoms. The zero-order chi connectivity index (χ0) is 11.8. The average Bonchev–Trinajstić information content (AvgIpc) is 2.29. The Morgan fingerprint density at radius 3 is 2.56 bits per heavy atom. The van der Waals surface area contributed by atoms with Crippen LogP contribution in [0.4, 0.5) is 0 Å². The Labute approximate surface area is 96.8 Å². The van der Waals surface area contributed by atoms with E-state index >= 15 is 0 Å². The predicted octanol–water partition coefficient (Wildman–Crippen LogP) is 3.79. The molecule has 0 saturated heterocycles. The van der Waals surface area contributed by atoms with Gasteiger partial charge in [-0.3, -0.25) is 4.79 Å². The molecule has 0 fully saturated rings. The van der Waals surface area contributed by atoms with E-state index < -0.39 is 0 Å². The lowest BCUT2D eigenvalue weighted by atomic mass is 10.1. The second-order valence-corrected chi connectivity index (χ2v) is 3.51. The van der Waals surface area contributed by atoms with E-state index in [0.717, 1.165) is 11.1 Å². The summed E-state index contributed by atoms with van der Waals surface area (Å²) in [5.74, 6) is 0.0950. The highest BCUT2D eigenvalue weighted by molar-refractivity contribution is 5.93. The van der Waals surface area contributed by atoms with E-state index in [4.69, 9.17) is 0 Å². The molecule has 1 heteroatoms. The maximum absolute atomic E-state index is 11.2. The van der Waals surface area contributed by atoms with Gasteiger partial charge in [-0.1, -0.05) is 54.6 Å². The molecule has 1 nitrogen and oxygen atoms in total. The Morgan fingerprint density at radius 1 is 1.31 bits per heavy atom. The Balaban J connectivity index is 2.73. The molecule has 0 radical (unpaired) electrons. The monoisotopic (exact) mass is 212 g/mol. The molecule has 0 saturated carbocycles. The third-order valence-corrected chi connectivity index (χ3v) is 2.20. The first-order valence-corrected chi connectivity index (χ1v) is 5.28. The molecule has 0 aliphatic rings. The molecule has 1 aromatic rings. The van der Waals surface area contributed by atoms with Crippen molar-refractivity contribution < 1.29 is 4.79 Å². The molecule has 82 valence electrons. The molecular weight excluding hydrogens is 196 g/mol. The second-order valence-electron chi connectivity index (χ2n) is 3.51. The van der Waals surface area contributed by atoms with Crippen molar-refractivity contribution in [2.24, 2.45) is 0 Å². The van der Waals surface area contributed by atoms with Crippen LogP contribution in [0.15, 0.2) is 60.7 Å². The predicted molar refractivity (Wildman–Crippen MR) is 69.1 cm³/mol. The third kappa shape index (κ3) is 4.09. The summed E-state index contributed by atoms with van der Waals surface area (Å²) < 4.78 is 0. The zero-order valence-corrected chi connectivity index (χ0v) is 9.52. The quantitative estimate of drug-likeness (QED) is 0.412. The molecule has 0 aromatic heterocycles. The summed E-state index contributed by atoms with van der Waals surface area (Å²) in [5, 5.41) is 0. The Kier molecular flexibility index (Phi) is 5.00. The van der Waals surface area contributed by atoms with Crippen LogP contribution in [0.5, 0.6) is 0 Å². The van der Waals surface area contributed by atoms with Crippen LogP contribution in [0, 0.1) is 0 Å². The van der Waals surface area contributed by atoms with E-state index in [1.165, 1.54) is 0 Å². The van der Waals surface area contributed by atoms with E-state index in [1.54, 1.807) is 13.0 Å². The largest absolute Gasteiger partial charge is 0.295 e. The fraction of sp³-hybridized carbons (Fsp3) is 0.133. The first-order valence-electron chi connectivity index (χ1n) is 5.28. The van der Waals surface area contributed by atoms with Crippen molar-refractivity contribution in [1.29, 1.82) is 0 Å². The molecule has 0 aliphatic carbocycles. The lowest BCUT2D eigenvalue weighted by Crippen LogP contribution is -1.94. The van der Waals surface area contributed by atoms with E-state index in [1.807, 2.05) is 48.6 Å². The minimum Gasteiger partial charge on any atom is -0.295 e. The van der Waals surface area contributed by atoms with Crippen molar-refractivity contribution in [3.05, 3.63) is 66.3 Å². The minimum atomic E-state index is 0.0950. The van der Waals surface area contributed by atoms with Gasteiger partial charge in [0, 0.05) is 0 Å². The first-order chi connectivity index (χ1) is 7.74. The van der Waals surface area contributed by atoms with Crippen molar-refractivity contribution in [2.75, 3.05) is 0 Å². The molecule has 0 atom stereocenters. The van der Waals surface area contributed by atoms with E-state index in [-0.39, 0.29) is 5.78 Å². The third-order valence-electron chi connectivity index (χ3n) is 2.20. The van der Waals surface area contributed by atoms with Gasteiger partial charge in [-0.15, -0.1) is 6.58 Å². The lowest BCUT2D eigenvalue weighted by molar-refractivity contribution is -0.113. The summed E-state index contributed by atoms with van der Waals surface area (Å²) in [7, 11) is 0. The molecule has 0 spiro atoms. The van der Waals surface area contributed by atoms with Crippen LogP contribution in [-0.4, -0.2) is 5.78 Å². The second kappa shape index (κ2) is 6.57. The summed E-state index contributed by atoms with van der Waals surface area (Å²) in [6.07, 6.45) is 8.08. The highest BCUT2D eigenvalue weighted by Crippen LogP contribution is 2.06. The molecule has 1 aromatic carbocycles. The molecule has 1 rings (SSSR count). The van der Waals surface area contributed by atoms with E-state index in [2.05, 4.69) is 6.58 Å². The summed E-state index contributed by atoms with van der Waals surface area (Å²) in [4.78, 5) is 11.2. The highest BCUT2D eigenvalue weighted by Gasteiger charge is 1.98. The number of rotatable bonds is 5. The summed E-state index contributed by atoms with van der Waals surface area (Å²) in [6.45, 7) is 5.21. The zero-order valence-electron chi connectivity index (χ0n) is 9.52. The van der Waals surface area contributed by atoms with Crippen molar-refractivity contribution in [3.63, 3.8) is 0 Å². The van der Waals surface area contributed by atoms with Gasteiger partial charge in [0.15, 0.2) is 5.78 Å². The smallest absolute Gasteiger partial charge is 0.156 e. The van der Waals surface area contributed by atoms with Gasteiger partial charge < -0.3 is 0 Å². The first kappa shape index (κ1) is 12.2. The average molecular weight is 212 g/mol. The van der Waals surface area contributed by atoms with Crippen LogP contribution >= 0.6 is 0 Å². The van der Waals surface area contributed by atoms with E-state index in [0.29, 0.717) is 6.42 Å². The molecule has 0 aliphatic heterocycles. The number of allylic oxidation sites excluding steroid dienone is 4. The van der Waals surface area contributed by atoms with Gasteiger partial charge in [0.05, 0.1) is 0 Å². The van der Waals surface area contributed by atoms with Gasteiger partial charge >= 0.3 is 0 Å². The minimum absolute atomic E-state index is 0.0950. The SMILES string of the molecule is C=CC/C(=C\C=C\c1ccccc1)C(C)=O. The maximum Gasteiger partial charge on any atom is 0.156 e. The van der Waals surface area contributed by atoms with Crippen LogP contribution in [0.2, 0.25) is 0 Å². The standard InChI is InChI=1S/C15H16O/c1-3-8-15(13(2)16)12-7-11-14-9-5-4-6-10-14/h3-7,9-12H,1,8H2,2H3/b11-7+,15-12+. The summed E-state index contributed by atoms with van der Waals surface area (Å²) in [5.41, 5.74) is 1.91. The molecule has 16 heavy (non-hydrogen) atoms. The van der Waals surface area contributed by atoms with Crippen LogP contribution < -0.4 is 0 Å². The fourth-order valence-electron chi connectivity index (χ4n) is 1.32. The molecule has 0 unspecified atom stereocenters. The Bertz CT molecular complexity index is 410. The van der Waals surface area contributed by atoms with Crippen LogP contribution in [0.3, 0.4) is 0 Å². The van der Waals surface area contributed by atoms with Crippen molar-refractivity contribution in [3.8, 4) is 0 Å². The number of benzene rings is 1. The van der Waals surface area contributed by atoms with E-state index in [9.17, 15) is 4.79 Å². The fourth-order valence-corrected chi connectivity index (χ4v) is 1.32. The molecule has 0 heterocycles. The highest BCUT2D eigenvalue weighted by atomic mass is 16.1. The number of carbonyl (C=O) groups is 1. The van der Waals surface area contributed by atoms with Crippen molar-refractivity contribution >= 4 is 11.9 Å². The van der Waals surface area contributed by atoms with Gasteiger partial charge in [-0.25, -0.2) is 0 Å². The van der Waals surface area contributed by atoms with Crippen molar-refractivity contribution in [1.82, 2.24) is 0 Å². The Hall–Kier alpha value is -1.89. The lowest BCUT2D eigenvalue weighted by Gasteiger charge is -1.96. The number of hydrogen-bond donors (Lipinski definition) is 0. The normalized spacial score (nSPS) is 11.7. The topological polar surface area (TPSA) is 17.1 Å². The summed E-state index contributed by atoms with van der Waals surface area (Å²) in [6, 6.07) is 9.99. The number of carbonyl (C=O) groups excluding carboxylic acids is 1. The number of hydrogen-bond acceptors (Lipinski definition) is 1. The maximum atomic E-state index is 11.2. The van der Waals surface area contributed by atoms with Gasteiger partial charge in [0.25, 0.3) is 0 Å². The molecular formula is C15H16O. The molecule has 0 amide bonds. The van der Waals surface area contributed by atoms with Gasteiger partial charge in [-0.2, -0.15) is 0 Å². The number of ketones is 1.